The highest BCUT2D eigenvalue weighted by atomic mass is 19.2. The molecule has 1 aliphatic heterocycles. The first kappa shape index (κ1) is 28.6. The lowest BCUT2D eigenvalue weighted by Gasteiger charge is -2.40. The normalized spacial score (nSPS) is 23.0. The summed E-state index contributed by atoms with van der Waals surface area (Å²) in [5.74, 6) is 1.11. The fraction of sp³-hybridized carbons (Fsp3) is 0.333. The molecule has 6 heteroatoms. The number of hydrogen-bond acceptors (Lipinski definition) is 4. The Balaban J connectivity index is 0.970. The van der Waals surface area contributed by atoms with Crippen molar-refractivity contribution in [2.75, 3.05) is 39.3 Å². The van der Waals surface area contributed by atoms with Gasteiger partial charge in [0.1, 0.15) is 18.5 Å². The van der Waals surface area contributed by atoms with Crippen molar-refractivity contribution in [2.45, 2.75) is 43.2 Å². The zero-order valence-electron chi connectivity index (χ0n) is 25.3. The van der Waals surface area contributed by atoms with Crippen LogP contribution in [0.2, 0.25) is 0 Å². The van der Waals surface area contributed by atoms with E-state index in [1.54, 1.807) is 6.07 Å². The molecule has 1 heterocycles. The van der Waals surface area contributed by atoms with E-state index in [1.807, 2.05) is 60.7 Å². The molecule has 1 saturated heterocycles. The summed E-state index contributed by atoms with van der Waals surface area (Å²) in [6.07, 6.45) is -1.91. The lowest BCUT2D eigenvalue weighted by Crippen LogP contribution is -2.50. The molecule has 3 aliphatic rings. The van der Waals surface area contributed by atoms with Crippen molar-refractivity contribution in [2.24, 2.45) is 0 Å². The minimum Gasteiger partial charge on any atom is -0.490 e. The Kier molecular flexibility index (Phi) is 7.52. The average molecular weight is 605 g/mol. The van der Waals surface area contributed by atoms with Gasteiger partial charge in [0.25, 0.3) is 0 Å². The predicted octanol–water partition coefficient (Wildman–Crippen LogP) is 8.05. The molecule has 5 aromatic rings. The first-order chi connectivity index (χ1) is 22.0. The number of aliphatic hydroxyl groups excluding tert-OH is 1. The molecule has 45 heavy (non-hydrogen) atoms. The highest BCUT2D eigenvalue weighted by Gasteiger charge is 2.42. The van der Waals surface area contributed by atoms with Gasteiger partial charge in [-0.25, -0.2) is 8.78 Å². The van der Waals surface area contributed by atoms with Crippen molar-refractivity contribution < 1.29 is 18.6 Å². The molecule has 0 bridgehead atoms. The first-order valence-electron chi connectivity index (χ1n) is 16.2. The molecular weight excluding hydrogens is 566 g/mol. The number of aliphatic hydroxyl groups is 1. The number of alkyl halides is 2. The molecular formula is C39H38F2N2O2. The average Bonchev–Trinajstić information content (AvgIpc) is 3.93. The van der Waals surface area contributed by atoms with Gasteiger partial charge in [0.05, 0.1) is 6.04 Å². The molecule has 2 fully saturated rings. The van der Waals surface area contributed by atoms with E-state index in [-0.39, 0.29) is 12.6 Å². The second-order valence-corrected chi connectivity index (χ2v) is 12.9. The summed E-state index contributed by atoms with van der Waals surface area (Å²) in [5.41, 5.74) is 3.80. The second kappa shape index (κ2) is 11.8. The van der Waals surface area contributed by atoms with Crippen molar-refractivity contribution in [3.05, 3.63) is 125 Å². The molecule has 8 rings (SSSR count). The number of fused-ring (bicyclic) bond motifs is 4. The number of β-amino-alcohol motifs (C(OH)–C–C–N with tert-alkyl or cyclic N) is 1. The SMILES string of the molecule is O[C@H](COc1cccc2cc3ccccc3cc12)CN1CCN(C2c3ccccc3C(F)C(F)c3c(C4CC4)cccc32)CC1. The van der Waals surface area contributed by atoms with Gasteiger partial charge in [0.2, 0.25) is 0 Å². The molecule has 4 nitrogen and oxygen atoms in total. The van der Waals surface area contributed by atoms with Crippen LogP contribution >= 0.6 is 0 Å². The van der Waals surface area contributed by atoms with E-state index in [9.17, 15) is 5.11 Å². The summed E-state index contributed by atoms with van der Waals surface area (Å²) in [5, 5.41) is 15.5. The van der Waals surface area contributed by atoms with Crippen LogP contribution in [0, 0.1) is 0 Å². The van der Waals surface area contributed by atoms with E-state index in [1.165, 1.54) is 5.39 Å². The molecule has 0 spiro atoms. The number of hydrogen-bond donors (Lipinski definition) is 1. The minimum atomic E-state index is -1.68. The van der Waals surface area contributed by atoms with E-state index in [4.69, 9.17) is 4.74 Å². The van der Waals surface area contributed by atoms with Crippen LogP contribution in [0.4, 0.5) is 8.78 Å². The van der Waals surface area contributed by atoms with Gasteiger partial charge in [-0.15, -0.1) is 0 Å². The predicted molar refractivity (Wildman–Crippen MR) is 175 cm³/mol. The largest absolute Gasteiger partial charge is 0.490 e. The smallest absolute Gasteiger partial charge is 0.161 e. The highest BCUT2D eigenvalue weighted by molar-refractivity contribution is 6.00. The summed E-state index contributed by atoms with van der Waals surface area (Å²) in [4.78, 5) is 4.64. The van der Waals surface area contributed by atoms with Crippen molar-refractivity contribution in [3.8, 4) is 5.75 Å². The van der Waals surface area contributed by atoms with Gasteiger partial charge in [0.15, 0.2) is 12.3 Å². The van der Waals surface area contributed by atoms with Crippen LogP contribution < -0.4 is 4.74 Å². The van der Waals surface area contributed by atoms with E-state index >= 15 is 8.78 Å². The third-order valence-corrected chi connectivity index (χ3v) is 9.98. The van der Waals surface area contributed by atoms with Crippen LogP contribution in [0.1, 0.15) is 65.0 Å². The Hall–Kier alpha value is -3.84. The molecule has 1 N–H and O–H groups in total. The maximum absolute atomic E-state index is 16.0. The van der Waals surface area contributed by atoms with Gasteiger partial charge < -0.3 is 9.84 Å². The Morgan fingerprint density at radius 1 is 0.689 bits per heavy atom. The second-order valence-electron chi connectivity index (χ2n) is 12.9. The standard InChI is InChI=1S/C39H38F2N2O2/c40-37-31-10-3-4-11-32(31)39(33-13-6-12-30(25-15-16-25)36(33)38(37)41)43-19-17-42(18-20-43)23-29(44)24-45-35-14-5-9-28-21-26-7-1-2-8-27(26)22-34(28)35/h1-14,21-22,25,29,37-39,44H,15-20,23-24H2/t29-,37?,38?,39?/m0/s1. The summed E-state index contributed by atoms with van der Waals surface area (Å²) in [7, 11) is 0. The molecule has 4 atom stereocenters. The van der Waals surface area contributed by atoms with Gasteiger partial charge in [-0.1, -0.05) is 78.9 Å². The summed E-state index contributed by atoms with van der Waals surface area (Å²) in [6.45, 7) is 3.70. The topological polar surface area (TPSA) is 35.9 Å². The summed E-state index contributed by atoms with van der Waals surface area (Å²) in [6, 6.07) is 32.0. The Labute approximate surface area is 262 Å². The number of nitrogens with zero attached hydrogens (tertiary/aromatic N) is 2. The molecule has 3 unspecified atom stereocenters. The number of ether oxygens (including phenoxy) is 1. The van der Waals surface area contributed by atoms with Gasteiger partial charge in [-0.2, -0.15) is 0 Å². The van der Waals surface area contributed by atoms with Crippen LogP contribution in [0.25, 0.3) is 21.5 Å². The van der Waals surface area contributed by atoms with Crippen molar-refractivity contribution in [3.63, 3.8) is 0 Å². The van der Waals surface area contributed by atoms with Crippen molar-refractivity contribution in [1.29, 1.82) is 0 Å². The van der Waals surface area contributed by atoms with E-state index < -0.39 is 18.4 Å². The zero-order chi connectivity index (χ0) is 30.5. The van der Waals surface area contributed by atoms with Crippen LogP contribution in [0.5, 0.6) is 5.75 Å². The monoisotopic (exact) mass is 604 g/mol. The van der Waals surface area contributed by atoms with E-state index in [2.05, 4.69) is 40.1 Å². The lowest BCUT2D eigenvalue weighted by atomic mass is 9.89. The molecule has 0 amide bonds. The van der Waals surface area contributed by atoms with Gasteiger partial charge >= 0.3 is 0 Å². The maximum atomic E-state index is 16.0. The molecule has 2 aliphatic carbocycles. The zero-order valence-corrected chi connectivity index (χ0v) is 25.3. The highest BCUT2D eigenvalue weighted by Crippen LogP contribution is 2.53. The molecule has 0 radical (unpaired) electrons. The fourth-order valence-electron chi connectivity index (χ4n) is 7.59. The first-order valence-corrected chi connectivity index (χ1v) is 16.2. The van der Waals surface area contributed by atoms with Crippen molar-refractivity contribution >= 4 is 21.5 Å². The van der Waals surface area contributed by atoms with Gasteiger partial charge in [-0.3, -0.25) is 9.80 Å². The molecule has 5 aromatic carbocycles. The van der Waals surface area contributed by atoms with Crippen LogP contribution in [0.15, 0.2) is 97.1 Å². The Morgan fingerprint density at radius 3 is 2.11 bits per heavy atom. The number of halogens is 2. The van der Waals surface area contributed by atoms with Gasteiger partial charge in [-0.05, 0) is 80.9 Å². The molecule has 230 valence electrons. The number of piperazine rings is 1. The summed E-state index contributed by atoms with van der Waals surface area (Å²) < 4.78 is 38.0. The molecule has 0 aromatic heterocycles. The number of benzene rings is 5. The van der Waals surface area contributed by atoms with Crippen LogP contribution in [-0.4, -0.2) is 60.3 Å². The van der Waals surface area contributed by atoms with Crippen molar-refractivity contribution in [1.82, 2.24) is 9.80 Å². The third kappa shape index (κ3) is 5.39. The van der Waals surface area contributed by atoms with Crippen LogP contribution in [0.3, 0.4) is 0 Å². The van der Waals surface area contributed by atoms with Crippen LogP contribution in [-0.2, 0) is 0 Å². The van der Waals surface area contributed by atoms with E-state index in [0.717, 1.165) is 77.6 Å². The summed E-state index contributed by atoms with van der Waals surface area (Å²) >= 11 is 0. The maximum Gasteiger partial charge on any atom is 0.161 e. The fourth-order valence-corrected chi connectivity index (χ4v) is 7.59. The lowest BCUT2D eigenvalue weighted by molar-refractivity contribution is 0.0403. The Bertz CT molecular complexity index is 1850. The molecule has 1 saturated carbocycles. The minimum absolute atomic E-state index is 0.202. The quantitative estimate of drug-likeness (QED) is 0.191. The Morgan fingerprint density at radius 2 is 1.33 bits per heavy atom. The van der Waals surface area contributed by atoms with Gasteiger partial charge in [0, 0.05) is 38.1 Å². The third-order valence-electron chi connectivity index (χ3n) is 9.98. The number of rotatable bonds is 7. The van der Waals surface area contributed by atoms with E-state index in [0.29, 0.717) is 23.6 Å².